The number of nitrogens with two attached hydrogens (primary N) is 1. The number of nitrogens with zero attached hydrogens (tertiary/aromatic N) is 3. The molecule has 0 bridgehead atoms. The van der Waals surface area contributed by atoms with Crippen LogP contribution >= 0.6 is 11.6 Å². The van der Waals surface area contributed by atoms with Crippen molar-refractivity contribution in [3.05, 3.63) is 17.0 Å². The van der Waals surface area contributed by atoms with Gasteiger partial charge in [0.05, 0.1) is 6.54 Å². The molecule has 1 aromatic heterocycles. The zero-order chi connectivity index (χ0) is 13.7. The summed E-state index contributed by atoms with van der Waals surface area (Å²) in [5.74, 6) is 0.942. The SMILES string of the molecule is CCCc1nc(Cl)cc(N(CC(N)=O)C(C)C)n1. The van der Waals surface area contributed by atoms with Crippen molar-refractivity contribution in [2.45, 2.75) is 39.7 Å². The van der Waals surface area contributed by atoms with Crippen molar-refractivity contribution in [2.24, 2.45) is 5.73 Å². The van der Waals surface area contributed by atoms with Gasteiger partial charge in [-0.1, -0.05) is 18.5 Å². The Balaban J connectivity index is 3.06. The second kappa shape index (κ2) is 6.54. The Morgan fingerprint density at radius 1 is 1.50 bits per heavy atom. The van der Waals surface area contributed by atoms with Crippen LogP contribution in [0.25, 0.3) is 0 Å². The molecule has 0 fully saturated rings. The highest BCUT2D eigenvalue weighted by Crippen LogP contribution is 2.18. The maximum atomic E-state index is 11.1. The number of primary amides is 1. The first kappa shape index (κ1) is 14.7. The third-order valence-corrected chi connectivity index (χ3v) is 2.64. The fourth-order valence-electron chi connectivity index (χ4n) is 1.63. The summed E-state index contributed by atoms with van der Waals surface area (Å²) in [6, 6.07) is 1.77. The summed E-state index contributed by atoms with van der Waals surface area (Å²) in [5, 5.41) is 0.388. The van der Waals surface area contributed by atoms with E-state index in [1.165, 1.54) is 0 Å². The maximum Gasteiger partial charge on any atom is 0.237 e. The standard InChI is InChI=1S/C12H19ClN4O/c1-4-5-11-15-9(13)6-12(16-11)17(8(2)3)7-10(14)18/h6,8H,4-5,7H2,1-3H3,(H2,14,18). The second-order valence-electron chi connectivity index (χ2n) is 4.40. The molecule has 0 atom stereocenters. The number of amides is 1. The molecule has 18 heavy (non-hydrogen) atoms. The molecule has 0 aliphatic heterocycles. The fraction of sp³-hybridized carbons (Fsp3) is 0.583. The molecule has 0 aliphatic carbocycles. The van der Waals surface area contributed by atoms with Gasteiger partial charge in [0.25, 0.3) is 0 Å². The van der Waals surface area contributed by atoms with Crippen molar-refractivity contribution in [1.29, 1.82) is 0 Å². The molecule has 6 heteroatoms. The lowest BCUT2D eigenvalue weighted by atomic mass is 10.3. The van der Waals surface area contributed by atoms with E-state index < -0.39 is 5.91 Å². The second-order valence-corrected chi connectivity index (χ2v) is 4.79. The lowest BCUT2D eigenvalue weighted by Gasteiger charge is -2.26. The third kappa shape index (κ3) is 4.14. The highest BCUT2D eigenvalue weighted by molar-refractivity contribution is 6.29. The molecule has 0 unspecified atom stereocenters. The number of hydrogen-bond acceptors (Lipinski definition) is 4. The van der Waals surface area contributed by atoms with Gasteiger partial charge >= 0.3 is 0 Å². The molecule has 0 saturated heterocycles. The van der Waals surface area contributed by atoms with Gasteiger partial charge in [-0.05, 0) is 20.3 Å². The molecule has 1 rings (SSSR count). The Bertz CT molecular complexity index is 423. The summed E-state index contributed by atoms with van der Waals surface area (Å²) in [7, 11) is 0. The third-order valence-electron chi connectivity index (χ3n) is 2.45. The molecule has 1 aromatic rings. The molecule has 0 spiro atoms. The molecule has 1 heterocycles. The first-order valence-corrected chi connectivity index (χ1v) is 6.40. The van der Waals surface area contributed by atoms with Crippen LogP contribution in [0.5, 0.6) is 0 Å². The number of carbonyl (C=O) groups is 1. The predicted octanol–water partition coefficient (Wildman–Crippen LogP) is 1.78. The average molecular weight is 271 g/mol. The average Bonchev–Trinajstić information content (AvgIpc) is 2.24. The summed E-state index contributed by atoms with van der Waals surface area (Å²) in [5.41, 5.74) is 5.25. The van der Waals surface area contributed by atoms with E-state index in [2.05, 4.69) is 9.97 Å². The molecule has 100 valence electrons. The zero-order valence-electron chi connectivity index (χ0n) is 11.0. The van der Waals surface area contributed by atoms with Crippen LogP contribution in [0, 0.1) is 0 Å². The number of anilines is 1. The fourth-order valence-corrected chi connectivity index (χ4v) is 1.83. The quantitative estimate of drug-likeness (QED) is 0.800. The summed E-state index contributed by atoms with van der Waals surface area (Å²) in [6.45, 7) is 6.11. The summed E-state index contributed by atoms with van der Waals surface area (Å²) in [6.07, 6.45) is 1.70. The minimum atomic E-state index is -0.393. The number of aryl methyl sites for hydroxylation is 1. The summed E-state index contributed by atoms with van der Waals surface area (Å²) < 4.78 is 0. The van der Waals surface area contributed by atoms with Gasteiger partial charge in [0.15, 0.2) is 0 Å². The van der Waals surface area contributed by atoms with Crippen LogP contribution in [0.2, 0.25) is 5.15 Å². The zero-order valence-corrected chi connectivity index (χ0v) is 11.7. The maximum absolute atomic E-state index is 11.1. The van der Waals surface area contributed by atoms with E-state index in [0.717, 1.165) is 12.8 Å². The Hall–Kier alpha value is -1.36. The number of carbonyl (C=O) groups excluding carboxylic acids is 1. The first-order valence-electron chi connectivity index (χ1n) is 6.02. The molecule has 0 aliphatic rings. The van der Waals surface area contributed by atoms with Gasteiger partial charge in [0.1, 0.15) is 16.8 Å². The van der Waals surface area contributed by atoms with Gasteiger partial charge in [-0.2, -0.15) is 0 Å². The molecule has 0 aromatic carbocycles. The van der Waals surface area contributed by atoms with Crippen molar-refractivity contribution in [2.75, 3.05) is 11.4 Å². The van der Waals surface area contributed by atoms with Crippen LogP contribution < -0.4 is 10.6 Å². The molecule has 0 saturated carbocycles. The van der Waals surface area contributed by atoms with Gasteiger partial charge in [0, 0.05) is 18.5 Å². The minimum Gasteiger partial charge on any atom is -0.368 e. The summed E-state index contributed by atoms with van der Waals surface area (Å²) >= 11 is 5.98. The molecule has 1 amide bonds. The molecule has 2 N–H and O–H groups in total. The largest absolute Gasteiger partial charge is 0.368 e. The van der Waals surface area contributed by atoms with E-state index in [-0.39, 0.29) is 12.6 Å². The highest BCUT2D eigenvalue weighted by Gasteiger charge is 2.16. The lowest BCUT2D eigenvalue weighted by Crippen LogP contribution is -2.39. The van der Waals surface area contributed by atoms with Crippen molar-refractivity contribution in [3.63, 3.8) is 0 Å². The predicted molar refractivity (Wildman–Crippen MR) is 72.7 cm³/mol. The van der Waals surface area contributed by atoms with Crippen LogP contribution in [-0.4, -0.2) is 28.5 Å². The monoisotopic (exact) mass is 270 g/mol. The highest BCUT2D eigenvalue weighted by atomic mass is 35.5. The van der Waals surface area contributed by atoms with E-state index in [4.69, 9.17) is 17.3 Å². The Labute approximate surface area is 112 Å². The van der Waals surface area contributed by atoms with Crippen LogP contribution in [0.4, 0.5) is 5.82 Å². The van der Waals surface area contributed by atoms with Crippen molar-refractivity contribution < 1.29 is 4.79 Å². The molecular weight excluding hydrogens is 252 g/mol. The first-order chi connectivity index (χ1) is 8.43. The van der Waals surface area contributed by atoms with E-state index in [1.54, 1.807) is 6.07 Å². The van der Waals surface area contributed by atoms with Crippen LogP contribution in [0.1, 0.15) is 33.0 Å². The van der Waals surface area contributed by atoms with Gasteiger partial charge in [-0.3, -0.25) is 4.79 Å². The van der Waals surface area contributed by atoms with Crippen molar-refractivity contribution in [3.8, 4) is 0 Å². The molecule has 0 radical (unpaired) electrons. The van der Waals surface area contributed by atoms with Crippen LogP contribution in [-0.2, 0) is 11.2 Å². The number of aromatic nitrogens is 2. The van der Waals surface area contributed by atoms with Crippen molar-refractivity contribution in [1.82, 2.24) is 9.97 Å². The van der Waals surface area contributed by atoms with Gasteiger partial charge in [0.2, 0.25) is 5.91 Å². The topological polar surface area (TPSA) is 72.1 Å². The number of hydrogen-bond donors (Lipinski definition) is 1. The minimum absolute atomic E-state index is 0.109. The Morgan fingerprint density at radius 2 is 2.17 bits per heavy atom. The smallest absolute Gasteiger partial charge is 0.237 e. The van der Waals surface area contributed by atoms with Gasteiger partial charge < -0.3 is 10.6 Å². The molecule has 5 nitrogen and oxygen atoms in total. The van der Waals surface area contributed by atoms with Crippen LogP contribution in [0.15, 0.2) is 6.07 Å². The Kier molecular flexibility index (Phi) is 5.34. The van der Waals surface area contributed by atoms with Crippen LogP contribution in [0.3, 0.4) is 0 Å². The van der Waals surface area contributed by atoms with E-state index in [0.29, 0.717) is 16.8 Å². The Morgan fingerprint density at radius 3 is 2.67 bits per heavy atom. The molecular formula is C12H19ClN4O. The lowest BCUT2D eigenvalue weighted by molar-refractivity contribution is -0.116. The normalized spacial score (nSPS) is 10.7. The number of halogens is 1. The van der Waals surface area contributed by atoms with E-state index in [1.807, 2.05) is 25.7 Å². The van der Waals surface area contributed by atoms with E-state index >= 15 is 0 Å². The summed E-state index contributed by atoms with van der Waals surface area (Å²) in [4.78, 5) is 21.5. The van der Waals surface area contributed by atoms with E-state index in [9.17, 15) is 4.79 Å². The van der Waals surface area contributed by atoms with Gasteiger partial charge in [-0.25, -0.2) is 9.97 Å². The van der Waals surface area contributed by atoms with Crippen molar-refractivity contribution >= 4 is 23.3 Å². The van der Waals surface area contributed by atoms with Gasteiger partial charge in [-0.15, -0.1) is 0 Å². The number of rotatable bonds is 6.